The number of nitrogens with zero attached hydrogens (tertiary/aromatic N) is 4. The van der Waals surface area contributed by atoms with Gasteiger partial charge in [0.15, 0.2) is 0 Å². The molecule has 0 saturated carbocycles. The van der Waals surface area contributed by atoms with Gasteiger partial charge >= 0.3 is 0 Å². The summed E-state index contributed by atoms with van der Waals surface area (Å²) in [5.74, 6) is 1.92. The van der Waals surface area contributed by atoms with E-state index in [1.54, 1.807) is 12.0 Å². The van der Waals surface area contributed by atoms with Crippen molar-refractivity contribution in [3.05, 3.63) is 23.8 Å². The molecular weight excluding hydrogens is 256 g/mol. The molecule has 0 radical (unpaired) electrons. The maximum atomic E-state index is 5.68. The highest BCUT2D eigenvalue weighted by atomic mass is 16.5. The Balaban J connectivity index is 2.27. The number of nitrogen functional groups attached to an aromatic ring is 1. The van der Waals surface area contributed by atoms with Gasteiger partial charge in [-0.2, -0.15) is 15.0 Å². The number of ether oxygens (including phenoxy) is 1. The van der Waals surface area contributed by atoms with E-state index in [2.05, 4.69) is 20.3 Å². The highest BCUT2D eigenvalue weighted by molar-refractivity contribution is 5.58. The van der Waals surface area contributed by atoms with Crippen molar-refractivity contribution in [1.29, 1.82) is 0 Å². The first-order chi connectivity index (χ1) is 9.49. The quantitative estimate of drug-likeness (QED) is 0.874. The summed E-state index contributed by atoms with van der Waals surface area (Å²) in [6, 6.07) is 5.73. The lowest BCUT2D eigenvalue weighted by Crippen LogP contribution is -2.15. The van der Waals surface area contributed by atoms with Crippen LogP contribution in [-0.4, -0.2) is 36.2 Å². The molecule has 0 spiro atoms. The number of benzene rings is 1. The Kier molecular flexibility index (Phi) is 3.88. The molecule has 0 unspecified atom stereocenters. The second kappa shape index (κ2) is 5.60. The third kappa shape index (κ3) is 3.05. The maximum Gasteiger partial charge on any atom is 0.233 e. The third-order valence-electron chi connectivity index (χ3n) is 2.69. The number of aryl methyl sites for hydroxylation is 1. The number of rotatable bonds is 4. The predicted molar refractivity (Wildman–Crippen MR) is 79.6 cm³/mol. The van der Waals surface area contributed by atoms with Gasteiger partial charge in [-0.25, -0.2) is 0 Å². The SMILES string of the molecule is COc1ccc(Nc2nc(N)nc(N(C)C)n2)cc1C. The first kappa shape index (κ1) is 13.9. The molecule has 20 heavy (non-hydrogen) atoms. The van der Waals surface area contributed by atoms with Crippen LogP contribution in [0.1, 0.15) is 5.56 Å². The fourth-order valence-electron chi connectivity index (χ4n) is 1.72. The summed E-state index contributed by atoms with van der Waals surface area (Å²) in [6.45, 7) is 1.97. The Morgan fingerprint density at radius 1 is 1.20 bits per heavy atom. The van der Waals surface area contributed by atoms with Crippen LogP contribution in [0.3, 0.4) is 0 Å². The summed E-state index contributed by atoms with van der Waals surface area (Å²) in [5.41, 5.74) is 7.56. The van der Waals surface area contributed by atoms with E-state index in [-0.39, 0.29) is 5.95 Å². The molecule has 1 heterocycles. The number of hydrogen-bond acceptors (Lipinski definition) is 7. The number of aromatic nitrogens is 3. The molecule has 0 aliphatic heterocycles. The second-order valence-corrected chi connectivity index (χ2v) is 4.52. The zero-order valence-corrected chi connectivity index (χ0v) is 12.0. The van der Waals surface area contributed by atoms with Gasteiger partial charge in [0.25, 0.3) is 0 Å². The molecule has 1 aromatic carbocycles. The van der Waals surface area contributed by atoms with Gasteiger partial charge in [-0.3, -0.25) is 0 Å². The van der Waals surface area contributed by atoms with Crippen LogP contribution >= 0.6 is 0 Å². The molecule has 7 nitrogen and oxygen atoms in total. The Morgan fingerprint density at radius 3 is 2.55 bits per heavy atom. The molecule has 0 atom stereocenters. The van der Waals surface area contributed by atoms with Crippen molar-refractivity contribution >= 4 is 23.5 Å². The summed E-state index contributed by atoms with van der Waals surface area (Å²) in [5, 5.41) is 3.11. The lowest BCUT2D eigenvalue weighted by molar-refractivity contribution is 0.412. The van der Waals surface area contributed by atoms with Crippen LogP contribution in [-0.2, 0) is 0 Å². The molecule has 2 aromatic rings. The minimum Gasteiger partial charge on any atom is -0.496 e. The van der Waals surface area contributed by atoms with Gasteiger partial charge in [0.2, 0.25) is 17.8 Å². The molecule has 3 N–H and O–H groups in total. The zero-order chi connectivity index (χ0) is 14.7. The van der Waals surface area contributed by atoms with E-state index in [0.717, 1.165) is 17.0 Å². The number of anilines is 4. The first-order valence-electron chi connectivity index (χ1n) is 6.10. The molecule has 0 saturated heterocycles. The van der Waals surface area contributed by atoms with Crippen LogP contribution in [0.2, 0.25) is 0 Å². The average Bonchev–Trinajstić information content (AvgIpc) is 2.38. The monoisotopic (exact) mass is 274 g/mol. The summed E-state index contributed by atoms with van der Waals surface area (Å²) in [6.07, 6.45) is 0. The fourth-order valence-corrected chi connectivity index (χ4v) is 1.72. The number of hydrogen-bond donors (Lipinski definition) is 2. The van der Waals surface area contributed by atoms with Crippen molar-refractivity contribution in [2.24, 2.45) is 0 Å². The Bertz CT molecular complexity index is 614. The molecular formula is C13H18N6O. The van der Waals surface area contributed by atoms with E-state index in [4.69, 9.17) is 10.5 Å². The van der Waals surface area contributed by atoms with Gasteiger partial charge in [0.1, 0.15) is 5.75 Å². The summed E-state index contributed by atoms with van der Waals surface area (Å²) >= 11 is 0. The second-order valence-electron chi connectivity index (χ2n) is 4.52. The van der Waals surface area contributed by atoms with E-state index in [9.17, 15) is 0 Å². The third-order valence-corrected chi connectivity index (χ3v) is 2.69. The predicted octanol–water partition coefficient (Wildman–Crippen LogP) is 1.58. The van der Waals surface area contributed by atoms with Crippen molar-refractivity contribution in [1.82, 2.24) is 15.0 Å². The molecule has 0 amide bonds. The van der Waals surface area contributed by atoms with Crippen LogP contribution < -0.4 is 20.7 Å². The van der Waals surface area contributed by atoms with E-state index in [1.807, 2.05) is 39.2 Å². The molecule has 0 aliphatic carbocycles. The van der Waals surface area contributed by atoms with Crippen LogP contribution in [0.5, 0.6) is 5.75 Å². The molecule has 106 valence electrons. The van der Waals surface area contributed by atoms with Crippen LogP contribution in [0.4, 0.5) is 23.5 Å². The van der Waals surface area contributed by atoms with Crippen LogP contribution in [0.25, 0.3) is 0 Å². The summed E-state index contributed by atoms with van der Waals surface area (Å²) < 4.78 is 5.22. The number of methoxy groups -OCH3 is 1. The first-order valence-corrected chi connectivity index (χ1v) is 6.10. The highest BCUT2D eigenvalue weighted by Crippen LogP contribution is 2.23. The molecule has 1 aromatic heterocycles. The van der Waals surface area contributed by atoms with Gasteiger partial charge < -0.3 is 20.7 Å². The van der Waals surface area contributed by atoms with E-state index < -0.39 is 0 Å². The highest BCUT2D eigenvalue weighted by Gasteiger charge is 2.07. The smallest absolute Gasteiger partial charge is 0.233 e. The number of nitrogens with one attached hydrogen (secondary N) is 1. The van der Waals surface area contributed by atoms with E-state index in [0.29, 0.717) is 11.9 Å². The Labute approximate surface area is 117 Å². The van der Waals surface area contributed by atoms with Crippen LogP contribution in [0, 0.1) is 6.92 Å². The van der Waals surface area contributed by atoms with Gasteiger partial charge in [-0.1, -0.05) is 0 Å². The molecule has 7 heteroatoms. The standard InChI is InChI=1S/C13H18N6O/c1-8-7-9(5-6-10(8)20-4)15-12-16-11(14)17-13(18-12)19(2)3/h5-7H,1-4H3,(H3,14,15,16,17,18). The van der Waals surface area contributed by atoms with Crippen molar-refractivity contribution in [3.63, 3.8) is 0 Å². The lowest BCUT2D eigenvalue weighted by atomic mass is 10.2. The number of nitrogens with two attached hydrogens (primary N) is 1. The molecule has 2 rings (SSSR count). The van der Waals surface area contributed by atoms with Crippen molar-refractivity contribution in [2.75, 3.05) is 37.2 Å². The average molecular weight is 274 g/mol. The topological polar surface area (TPSA) is 89.2 Å². The molecule has 0 fully saturated rings. The van der Waals surface area contributed by atoms with Gasteiger partial charge in [-0.15, -0.1) is 0 Å². The Hall–Kier alpha value is -2.57. The van der Waals surface area contributed by atoms with E-state index in [1.165, 1.54) is 0 Å². The summed E-state index contributed by atoms with van der Waals surface area (Å²) in [4.78, 5) is 14.2. The Morgan fingerprint density at radius 2 is 1.95 bits per heavy atom. The van der Waals surface area contributed by atoms with Gasteiger partial charge in [0.05, 0.1) is 7.11 Å². The van der Waals surface area contributed by atoms with E-state index >= 15 is 0 Å². The van der Waals surface area contributed by atoms with Gasteiger partial charge in [0, 0.05) is 19.8 Å². The van der Waals surface area contributed by atoms with Gasteiger partial charge in [-0.05, 0) is 30.7 Å². The zero-order valence-electron chi connectivity index (χ0n) is 12.0. The lowest BCUT2D eigenvalue weighted by Gasteiger charge is -2.13. The maximum absolute atomic E-state index is 5.68. The molecule has 0 bridgehead atoms. The van der Waals surface area contributed by atoms with Crippen LogP contribution in [0.15, 0.2) is 18.2 Å². The fraction of sp³-hybridized carbons (Fsp3) is 0.308. The largest absolute Gasteiger partial charge is 0.496 e. The molecule has 0 aliphatic rings. The minimum absolute atomic E-state index is 0.177. The van der Waals surface area contributed by atoms with Crippen molar-refractivity contribution < 1.29 is 4.74 Å². The van der Waals surface area contributed by atoms with Crippen molar-refractivity contribution in [2.45, 2.75) is 6.92 Å². The minimum atomic E-state index is 0.177. The summed E-state index contributed by atoms with van der Waals surface area (Å²) in [7, 11) is 5.33. The van der Waals surface area contributed by atoms with Crippen molar-refractivity contribution in [3.8, 4) is 5.75 Å². The normalized spacial score (nSPS) is 10.2.